The molecule has 3 aromatic rings. The van der Waals surface area contributed by atoms with E-state index in [0.29, 0.717) is 34.4 Å². The van der Waals surface area contributed by atoms with E-state index in [2.05, 4.69) is 24.1 Å². The van der Waals surface area contributed by atoms with E-state index in [9.17, 15) is 9.59 Å². The lowest BCUT2D eigenvalue weighted by Crippen LogP contribution is -2.28. The van der Waals surface area contributed by atoms with Gasteiger partial charge in [0.05, 0.1) is 24.9 Å². The zero-order valence-corrected chi connectivity index (χ0v) is 18.4. The van der Waals surface area contributed by atoms with Crippen molar-refractivity contribution in [2.75, 3.05) is 19.4 Å². The second-order valence-electron chi connectivity index (χ2n) is 7.09. The predicted octanol–water partition coefficient (Wildman–Crippen LogP) is 3.77. The molecule has 2 aromatic heterocycles. The van der Waals surface area contributed by atoms with Crippen LogP contribution in [0.2, 0.25) is 0 Å². The van der Waals surface area contributed by atoms with Crippen molar-refractivity contribution in [3.05, 3.63) is 51.6 Å². The molecule has 154 valence electrons. The maximum absolute atomic E-state index is 13.0. The molecule has 0 saturated carbocycles. The van der Waals surface area contributed by atoms with Crippen LogP contribution in [0.3, 0.4) is 0 Å². The van der Waals surface area contributed by atoms with Gasteiger partial charge in [0.15, 0.2) is 5.16 Å². The summed E-state index contributed by atoms with van der Waals surface area (Å²) in [5.41, 5.74) is 1.52. The van der Waals surface area contributed by atoms with Crippen molar-refractivity contribution in [1.29, 1.82) is 0 Å². The second-order valence-corrected chi connectivity index (χ2v) is 8.95. The summed E-state index contributed by atoms with van der Waals surface area (Å²) in [6.07, 6.45) is 0.941. The largest absolute Gasteiger partial charge is 0.497 e. The number of rotatable bonds is 9. The number of thioether (sulfide) groups is 1. The number of hydrogen-bond donors (Lipinski definition) is 1. The highest BCUT2D eigenvalue weighted by atomic mass is 32.2. The smallest absolute Gasteiger partial charge is 0.272 e. The number of ether oxygens (including phenoxy) is 1. The number of nitrogens with zero attached hydrogens (tertiary/aromatic N) is 2. The molecule has 1 aromatic carbocycles. The Kier molecular flexibility index (Phi) is 7.33. The van der Waals surface area contributed by atoms with Gasteiger partial charge in [0.1, 0.15) is 10.4 Å². The van der Waals surface area contributed by atoms with Gasteiger partial charge in [0, 0.05) is 6.54 Å². The van der Waals surface area contributed by atoms with Crippen molar-refractivity contribution in [1.82, 2.24) is 14.9 Å². The summed E-state index contributed by atoms with van der Waals surface area (Å²) in [6.45, 7) is 5.27. The van der Waals surface area contributed by atoms with E-state index in [1.165, 1.54) is 23.1 Å². The first-order valence-electron chi connectivity index (χ1n) is 9.48. The molecular formula is C21H25N3O3S2. The number of carbonyl (C=O) groups is 1. The fourth-order valence-electron chi connectivity index (χ4n) is 2.81. The van der Waals surface area contributed by atoms with Crippen molar-refractivity contribution >= 4 is 39.2 Å². The standard InChI is InChI=1S/C21H25N3O3S2/c1-14(2)7-9-22-18(25)13-29-21-23-17-8-10-28-19(17)20(26)24(21)12-15-5-4-6-16(11-15)27-3/h4-6,8,10-11,14H,7,9,12-13H2,1-3H3,(H,22,25). The fourth-order valence-corrected chi connectivity index (χ4v) is 4.41. The molecule has 0 aliphatic rings. The number of methoxy groups -OCH3 is 1. The summed E-state index contributed by atoms with van der Waals surface area (Å²) in [5, 5.41) is 5.33. The Hall–Kier alpha value is -2.32. The summed E-state index contributed by atoms with van der Waals surface area (Å²) < 4.78 is 7.55. The van der Waals surface area contributed by atoms with Gasteiger partial charge in [-0.2, -0.15) is 0 Å². The Balaban J connectivity index is 1.82. The normalized spacial score (nSPS) is 11.2. The Morgan fingerprint density at radius 3 is 2.93 bits per heavy atom. The maximum atomic E-state index is 13.0. The predicted molar refractivity (Wildman–Crippen MR) is 119 cm³/mol. The molecular weight excluding hydrogens is 406 g/mol. The van der Waals surface area contributed by atoms with Gasteiger partial charge in [-0.05, 0) is 41.5 Å². The van der Waals surface area contributed by atoms with Crippen LogP contribution in [0.15, 0.2) is 45.7 Å². The average molecular weight is 432 g/mol. The number of amides is 1. The Bertz CT molecular complexity index is 1040. The summed E-state index contributed by atoms with van der Waals surface area (Å²) in [7, 11) is 1.61. The monoisotopic (exact) mass is 431 g/mol. The van der Waals surface area contributed by atoms with E-state index in [1.807, 2.05) is 35.7 Å². The summed E-state index contributed by atoms with van der Waals surface area (Å²) in [4.78, 5) is 29.9. The fraction of sp³-hybridized carbons (Fsp3) is 0.381. The Morgan fingerprint density at radius 2 is 2.17 bits per heavy atom. The zero-order valence-electron chi connectivity index (χ0n) is 16.8. The lowest BCUT2D eigenvalue weighted by Gasteiger charge is -2.13. The first-order chi connectivity index (χ1) is 14.0. The minimum atomic E-state index is -0.0875. The lowest BCUT2D eigenvalue weighted by atomic mass is 10.1. The summed E-state index contributed by atoms with van der Waals surface area (Å²) in [6, 6.07) is 9.44. The molecule has 0 aliphatic heterocycles. The molecule has 1 N–H and O–H groups in total. The molecule has 0 unspecified atom stereocenters. The second kappa shape index (κ2) is 9.93. The van der Waals surface area contributed by atoms with Crippen LogP contribution in [0.25, 0.3) is 10.2 Å². The summed E-state index contributed by atoms with van der Waals surface area (Å²) in [5.74, 6) is 1.44. The SMILES string of the molecule is COc1cccc(Cn2c(SCC(=O)NCCC(C)C)nc3ccsc3c2=O)c1. The lowest BCUT2D eigenvalue weighted by molar-refractivity contribution is -0.118. The molecule has 0 radical (unpaired) electrons. The molecule has 29 heavy (non-hydrogen) atoms. The number of hydrogen-bond acceptors (Lipinski definition) is 6. The molecule has 0 bridgehead atoms. The summed E-state index contributed by atoms with van der Waals surface area (Å²) >= 11 is 2.67. The van der Waals surface area contributed by atoms with Crippen LogP contribution in [0.4, 0.5) is 0 Å². The third kappa shape index (κ3) is 5.61. The van der Waals surface area contributed by atoms with E-state index in [4.69, 9.17) is 4.74 Å². The molecule has 0 saturated heterocycles. The van der Waals surface area contributed by atoms with E-state index in [1.54, 1.807) is 11.7 Å². The number of aromatic nitrogens is 2. The molecule has 1 amide bonds. The van der Waals surface area contributed by atoms with E-state index in [-0.39, 0.29) is 17.2 Å². The van der Waals surface area contributed by atoms with Gasteiger partial charge in [-0.3, -0.25) is 14.2 Å². The maximum Gasteiger partial charge on any atom is 0.272 e. The number of thiophene rings is 1. The van der Waals surface area contributed by atoms with E-state index in [0.717, 1.165) is 17.7 Å². The van der Waals surface area contributed by atoms with Gasteiger partial charge < -0.3 is 10.1 Å². The highest BCUT2D eigenvalue weighted by Gasteiger charge is 2.15. The zero-order chi connectivity index (χ0) is 20.8. The third-order valence-electron chi connectivity index (χ3n) is 4.38. The molecule has 0 aliphatic carbocycles. The van der Waals surface area contributed by atoms with Crippen molar-refractivity contribution < 1.29 is 9.53 Å². The molecule has 8 heteroatoms. The Labute approximate surface area is 178 Å². The average Bonchev–Trinajstić information content (AvgIpc) is 3.17. The van der Waals surface area contributed by atoms with Gasteiger partial charge >= 0.3 is 0 Å². The molecule has 0 fully saturated rings. The van der Waals surface area contributed by atoms with Crippen molar-refractivity contribution in [2.45, 2.75) is 32.0 Å². The quantitative estimate of drug-likeness (QED) is 0.412. The first kappa shape index (κ1) is 21.4. The van der Waals surface area contributed by atoms with Gasteiger partial charge in [-0.15, -0.1) is 11.3 Å². The molecule has 0 atom stereocenters. The minimum absolute atomic E-state index is 0.0526. The number of nitrogens with one attached hydrogen (secondary N) is 1. The molecule has 6 nitrogen and oxygen atoms in total. The third-order valence-corrected chi connectivity index (χ3v) is 6.25. The minimum Gasteiger partial charge on any atom is -0.497 e. The van der Waals surface area contributed by atoms with Crippen LogP contribution in [0.1, 0.15) is 25.8 Å². The van der Waals surface area contributed by atoms with E-state index >= 15 is 0 Å². The van der Waals surface area contributed by atoms with Crippen LogP contribution in [-0.2, 0) is 11.3 Å². The van der Waals surface area contributed by atoms with E-state index < -0.39 is 0 Å². The van der Waals surface area contributed by atoms with Crippen LogP contribution in [0.5, 0.6) is 5.75 Å². The van der Waals surface area contributed by atoms with Crippen molar-refractivity contribution in [3.63, 3.8) is 0 Å². The van der Waals surface area contributed by atoms with Gasteiger partial charge in [0.2, 0.25) is 5.91 Å². The topological polar surface area (TPSA) is 73.2 Å². The Morgan fingerprint density at radius 1 is 1.34 bits per heavy atom. The molecule has 2 heterocycles. The van der Waals surface area contributed by atoms with Crippen molar-refractivity contribution in [2.24, 2.45) is 5.92 Å². The van der Waals surface area contributed by atoms with Gasteiger partial charge in [0.25, 0.3) is 5.56 Å². The first-order valence-corrected chi connectivity index (χ1v) is 11.3. The van der Waals surface area contributed by atoms with Crippen LogP contribution < -0.4 is 15.6 Å². The van der Waals surface area contributed by atoms with Crippen LogP contribution in [-0.4, -0.2) is 34.9 Å². The molecule has 0 spiro atoms. The van der Waals surface area contributed by atoms with Crippen molar-refractivity contribution in [3.8, 4) is 5.75 Å². The number of carbonyl (C=O) groups excluding carboxylic acids is 1. The van der Waals surface area contributed by atoms with Crippen LogP contribution >= 0.6 is 23.1 Å². The van der Waals surface area contributed by atoms with Gasteiger partial charge in [-0.25, -0.2) is 4.98 Å². The highest BCUT2D eigenvalue weighted by molar-refractivity contribution is 7.99. The van der Waals surface area contributed by atoms with Gasteiger partial charge in [-0.1, -0.05) is 37.7 Å². The molecule has 3 rings (SSSR count). The van der Waals surface area contributed by atoms with Crippen LogP contribution in [0, 0.1) is 5.92 Å². The number of benzene rings is 1. The highest BCUT2D eigenvalue weighted by Crippen LogP contribution is 2.22. The number of fused-ring (bicyclic) bond motifs is 1.